The van der Waals surface area contributed by atoms with Gasteiger partial charge >= 0.3 is 6.18 Å². The lowest BCUT2D eigenvalue weighted by molar-refractivity contribution is -0.148. The van der Waals surface area contributed by atoms with Crippen LogP contribution < -0.4 is 0 Å². The first-order chi connectivity index (χ1) is 8.16. The average Bonchev–Trinajstić information content (AvgIpc) is 2.26. The molecule has 0 aromatic carbocycles. The Kier molecular flexibility index (Phi) is 4.98. The Hall–Kier alpha value is -0.380. The fourth-order valence-electron chi connectivity index (χ4n) is 1.74. The first kappa shape index (κ1) is 15.7. The standard InChI is InChI=1S/C9H17F3N2O3S/c1-8(6-15)18(16,17)14-4-2-13(3-5-14)7-9(10,11)12/h8,15H,2-7H2,1H3. The summed E-state index contributed by atoms with van der Waals surface area (Å²) in [5, 5.41) is 7.92. The van der Waals surface area contributed by atoms with Crippen molar-refractivity contribution in [3.8, 4) is 0 Å². The summed E-state index contributed by atoms with van der Waals surface area (Å²) in [6.45, 7) is 0.0260. The highest BCUT2D eigenvalue weighted by atomic mass is 32.2. The topological polar surface area (TPSA) is 60.9 Å². The van der Waals surface area contributed by atoms with Crippen LogP contribution in [0.3, 0.4) is 0 Å². The quantitative estimate of drug-likeness (QED) is 0.784. The van der Waals surface area contributed by atoms with Crippen LogP contribution in [0, 0.1) is 0 Å². The summed E-state index contributed by atoms with van der Waals surface area (Å²) in [5.74, 6) is 0. The fraction of sp³-hybridized carbons (Fsp3) is 1.00. The molecule has 1 saturated heterocycles. The van der Waals surface area contributed by atoms with Crippen LogP contribution in [0.2, 0.25) is 0 Å². The summed E-state index contributed by atoms with van der Waals surface area (Å²) in [5.41, 5.74) is 0. The molecule has 1 heterocycles. The number of hydrogen-bond acceptors (Lipinski definition) is 4. The predicted molar refractivity (Wildman–Crippen MR) is 59.5 cm³/mol. The van der Waals surface area contributed by atoms with Crippen LogP contribution in [0.15, 0.2) is 0 Å². The van der Waals surface area contributed by atoms with Crippen molar-refractivity contribution in [1.82, 2.24) is 9.21 Å². The number of hydrogen-bond donors (Lipinski definition) is 1. The van der Waals surface area contributed by atoms with E-state index >= 15 is 0 Å². The third-order valence-electron chi connectivity index (χ3n) is 2.86. The Bertz CT molecular complexity index is 364. The second-order valence-electron chi connectivity index (χ2n) is 4.33. The molecule has 1 fully saturated rings. The number of aliphatic hydroxyl groups is 1. The highest BCUT2D eigenvalue weighted by Crippen LogP contribution is 2.19. The largest absolute Gasteiger partial charge is 0.401 e. The molecule has 0 amide bonds. The van der Waals surface area contributed by atoms with Crippen LogP contribution >= 0.6 is 0 Å². The highest BCUT2D eigenvalue weighted by molar-refractivity contribution is 7.89. The Labute approximate surface area is 104 Å². The lowest BCUT2D eigenvalue weighted by Crippen LogP contribution is -2.52. The molecule has 0 aliphatic carbocycles. The monoisotopic (exact) mass is 290 g/mol. The zero-order chi connectivity index (χ0) is 14.0. The summed E-state index contributed by atoms with van der Waals surface area (Å²) in [6, 6.07) is 0. The zero-order valence-electron chi connectivity index (χ0n) is 10.0. The smallest absolute Gasteiger partial charge is 0.395 e. The van der Waals surface area contributed by atoms with E-state index in [9.17, 15) is 21.6 Å². The number of alkyl halides is 3. The minimum Gasteiger partial charge on any atom is -0.395 e. The van der Waals surface area contributed by atoms with E-state index in [-0.39, 0.29) is 26.2 Å². The average molecular weight is 290 g/mol. The van der Waals surface area contributed by atoms with Gasteiger partial charge in [0.05, 0.1) is 18.4 Å². The van der Waals surface area contributed by atoms with Crippen molar-refractivity contribution in [3.63, 3.8) is 0 Å². The third-order valence-corrected chi connectivity index (χ3v) is 5.11. The third kappa shape index (κ3) is 4.08. The first-order valence-corrected chi connectivity index (χ1v) is 7.06. The molecule has 1 atom stereocenters. The van der Waals surface area contributed by atoms with Gasteiger partial charge in [0.15, 0.2) is 0 Å². The van der Waals surface area contributed by atoms with Crippen LogP contribution in [0.25, 0.3) is 0 Å². The molecule has 1 N–H and O–H groups in total. The van der Waals surface area contributed by atoms with Gasteiger partial charge in [-0.1, -0.05) is 0 Å². The van der Waals surface area contributed by atoms with Crippen molar-refractivity contribution in [2.75, 3.05) is 39.3 Å². The molecule has 9 heteroatoms. The number of nitrogens with zero attached hydrogens (tertiary/aromatic N) is 2. The SMILES string of the molecule is CC(CO)S(=O)(=O)N1CCN(CC(F)(F)F)CC1. The maximum Gasteiger partial charge on any atom is 0.401 e. The molecule has 1 aliphatic heterocycles. The van der Waals surface area contributed by atoms with Crippen molar-refractivity contribution in [1.29, 1.82) is 0 Å². The number of sulfonamides is 1. The van der Waals surface area contributed by atoms with Crippen LogP contribution in [0.4, 0.5) is 13.2 Å². The van der Waals surface area contributed by atoms with Crippen molar-refractivity contribution < 1.29 is 26.7 Å². The van der Waals surface area contributed by atoms with Crippen molar-refractivity contribution in [3.05, 3.63) is 0 Å². The lowest BCUT2D eigenvalue weighted by atomic mass is 10.3. The van der Waals surface area contributed by atoms with Gasteiger partial charge < -0.3 is 5.11 Å². The second-order valence-corrected chi connectivity index (χ2v) is 6.68. The van der Waals surface area contributed by atoms with Crippen LogP contribution in [0.1, 0.15) is 6.92 Å². The van der Waals surface area contributed by atoms with Crippen molar-refractivity contribution in [2.24, 2.45) is 0 Å². The Morgan fingerprint density at radius 3 is 2.11 bits per heavy atom. The van der Waals surface area contributed by atoms with E-state index in [1.807, 2.05) is 0 Å². The van der Waals surface area contributed by atoms with Crippen LogP contribution in [-0.4, -0.2) is 73.5 Å². The summed E-state index contributed by atoms with van der Waals surface area (Å²) in [6.07, 6.45) is -4.26. The van der Waals surface area contributed by atoms with Crippen molar-refractivity contribution in [2.45, 2.75) is 18.3 Å². The number of piperazine rings is 1. The number of halogens is 3. The van der Waals surface area contributed by atoms with Gasteiger partial charge in [0.2, 0.25) is 10.0 Å². The molecule has 108 valence electrons. The molecule has 0 aromatic rings. The second kappa shape index (κ2) is 5.72. The lowest BCUT2D eigenvalue weighted by Gasteiger charge is -2.35. The minimum atomic E-state index is -4.26. The van der Waals surface area contributed by atoms with Gasteiger partial charge in [-0.25, -0.2) is 8.42 Å². The highest BCUT2D eigenvalue weighted by Gasteiger charge is 2.35. The van der Waals surface area contributed by atoms with Crippen LogP contribution in [-0.2, 0) is 10.0 Å². The maximum absolute atomic E-state index is 12.1. The first-order valence-electron chi connectivity index (χ1n) is 5.56. The van der Waals surface area contributed by atoms with E-state index in [0.717, 1.165) is 4.31 Å². The van der Waals surface area contributed by atoms with Gasteiger partial charge in [0.25, 0.3) is 0 Å². The van der Waals surface area contributed by atoms with Crippen LogP contribution in [0.5, 0.6) is 0 Å². The van der Waals surface area contributed by atoms with E-state index < -0.39 is 34.6 Å². The number of aliphatic hydroxyl groups excluding tert-OH is 1. The molecule has 1 aliphatic rings. The van der Waals surface area contributed by atoms with Gasteiger partial charge in [-0.3, -0.25) is 4.90 Å². The molecular formula is C9H17F3N2O3S. The summed E-state index contributed by atoms with van der Waals surface area (Å²) >= 11 is 0. The van der Waals surface area contributed by atoms with Gasteiger partial charge in [0, 0.05) is 26.2 Å². The summed E-state index contributed by atoms with van der Waals surface area (Å²) in [4.78, 5) is 1.18. The van der Waals surface area contributed by atoms with Gasteiger partial charge in [-0.2, -0.15) is 17.5 Å². The van der Waals surface area contributed by atoms with E-state index in [0.29, 0.717) is 0 Å². The van der Waals surface area contributed by atoms with E-state index in [1.54, 1.807) is 0 Å². The molecular weight excluding hydrogens is 273 g/mol. The number of rotatable bonds is 4. The van der Waals surface area contributed by atoms with Gasteiger partial charge in [-0.15, -0.1) is 0 Å². The fourth-order valence-corrected chi connectivity index (χ4v) is 3.11. The Balaban J connectivity index is 2.54. The molecule has 5 nitrogen and oxygen atoms in total. The normalized spacial score (nSPS) is 22.1. The van der Waals surface area contributed by atoms with Gasteiger partial charge in [0.1, 0.15) is 0 Å². The van der Waals surface area contributed by atoms with E-state index in [1.165, 1.54) is 11.8 Å². The molecule has 1 rings (SSSR count). The molecule has 0 radical (unpaired) electrons. The molecule has 1 unspecified atom stereocenters. The summed E-state index contributed by atoms with van der Waals surface area (Å²) in [7, 11) is -3.60. The Morgan fingerprint density at radius 2 is 1.72 bits per heavy atom. The minimum absolute atomic E-state index is 0.0305. The molecule has 0 aromatic heterocycles. The molecule has 0 saturated carbocycles. The Morgan fingerprint density at radius 1 is 1.22 bits per heavy atom. The molecule has 18 heavy (non-hydrogen) atoms. The summed E-state index contributed by atoms with van der Waals surface area (Å²) < 4.78 is 61.2. The predicted octanol–water partition coefficient (Wildman–Crippen LogP) is -0.123. The molecule has 0 bridgehead atoms. The van der Waals surface area contributed by atoms with Gasteiger partial charge in [-0.05, 0) is 6.92 Å². The maximum atomic E-state index is 12.1. The van der Waals surface area contributed by atoms with E-state index in [2.05, 4.69) is 0 Å². The van der Waals surface area contributed by atoms with E-state index in [4.69, 9.17) is 5.11 Å². The van der Waals surface area contributed by atoms with Crippen molar-refractivity contribution >= 4 is 10.0 Å². The molecule has 0 spiro atoms. The zero-order valence-corrected chi connectivity index (χ0v) is 10.8.